The molecule has 89 valence electrons. The van der Waals surface area contributed by atoms with Crippen LogP contribution in [0.1, 0.15) is 26.7 Å². The number of esters is 1. The van der Waals surface area contributed by atoms with E-state index in [1.165, 1.54) is 6.47 Å². The molecule has 0 bridgehead atoms. The van der Waals surface area contributed by atoms with Crippen LogP contribution in [-0.2, 0) is 23.8 Å². The van der Waals surface area contributed by atoms with Gasteiger partial charge in [0.15, 0.2) is 0 Å². The lowest BCUT2D eigenvalue weighted by Crippen LogP contribution is -2.54. The zero-order valence-electron chi connectivity index (χ0n) is 9.45. The topological polar surface area (TPSA) is 61.8 Å². The first-order chi connectivity index (χ1) is 7.49. The quantitative estimate of drug-likeness (QED) is 0.642. The predicted molar refractivity (Wildman–Crippen MR) is 53.2 cm³/mol. The van der Waals surface area contributed by atoms with E-state index in [1.807, 2.05) is 13.8 Å². The maximum Gasteiger partial charge on any atom is 0.418 e. The molecule has 16 heavy (non-hydrogen) atoms. The van der Waals surface area contributed by atoms with Crippen molar-refractivity contribution in [1.29, 1.82) is 0 Å². The van der Waals surface area contributed by atoms with Crippen LogP contribution in [-0.4, -0.2) is 37.4 Å². The number of hydrogen-bond acceptors (Lipinski definition) is 5. The van der Waals surface area contributed by atoms with Gasteiger partial charge in [-0.3, -0.25) is 0 Å². The molecule has 0 spiro atoms. The number of carbonyl (C=O) groups is 1. The lowest BCUT2D eigenvalue weighted by atomic mass is 9.82. The van der Waals surface area contributed by atoms with Crippen LogP contribution in [0, 0.1) is 5.41 Å². The number of rotatable bonds is 5. The Bertz CT molecular complexity index is 303. The zero-order chi connectivity index (χ0) is 11.8. The number of ether oxygens (including phenoxy) is 3. The minimum Gasteiger partial charge on any atom is -0.457 e. The van der Waals surface area contributed by atoms with E-state index >= 15 is 0 Å². The van der Waals surface area contributed by atoms with Crippen LogP contribution in [0.15, 0.2) is 0 Å². The van der Waals surface area contributed by atoms with Gasteiger partial charge < -0.3 is 14.2 Å². The van der Waals surface area contributed by atoms with Crippen molar-refractivity contribution in [3.05, 3.63) is 0 Å². The van der Waals surface area contributed by atoms with Gasteiger partial charge in [0, 0.05) is 0 Å². The summed E-state index contributed by atoms with van der Waals surface area (Å²) in [6, 6.07) is 0. The Labute approximate surface area is 94.0 Å². The Morgan fingerprint density at radius 2 is 2.00 bits per heavy atom. The second-order valence-corrected chi connectivity index (χ2v) is 5.10. The van der Waals surface area contributed by atoms with Crippen LogP contribution < -0.4 is 0 Å². The lowest BCUT2D eigenvalue weighted by Gasteiger charge is -2.41. The fourth-order valence-corrected chi connectivity index (χ4v) is 1.67. The Hall–Kier alpha value is -1.10. The first kappa shape index (κ1) is 11.4. The smallest absolute Gasteiger partial charge is 0.418 e. The molecular weight excluding hydrogens is 212 g/mol. The summed E-state index contributed by atoms with van der Waals surface area (Å²) in [5.41, 5.74) is -0.831. The molecule has 1 saturated heterocycles. The van der Waals surface area contributed by atoms with Crippen LogP contribution in [0.5, 0.6) is 0 Å². The summed E-state index contributed by atoms with van der Waals surface area (Å²) in [6.45, 7) is 5.81. The molecule has 0 aromatic carbocycles. The van der Waals surface area contributed by atoms with Crippen LogP contribution >= 0.6 is 0 Å². The third-order valence-electron chi connectivity index (χ3n) is 3.18. The summed E-state index contributed by atoms with van der Waals surface area (Å²) in [5.74, 6) is -0.492. The molecule has 0 N–H and O–H groups in total. The summed E-state index contributed by atoms with van der Waals surface area (Å²) >= 11 is 0. The normalized spacial score (nSPS) is 26.1. The number of hydrogen-bond donors (Lipinski definition) is 0. The van der Waals surface area contributed by atoms with E-state index in [4.69, 9.17) is 14.2 Å². The van der Waals surface area contributed by atoms with Crippen molar-refractivity contribution in [2.45, 2.75) is 38.4 Å². The molecule has 2 aliphatic rings. The molecule has 0 amide bonds. The Morgan fingerprint density at radius 3 is 2.38 bits per heavy atom. The molecule has 0 aromatic rings. The highest BCUT2D eigenvalue weighted by atomic mass is 16.6. The third-order valence-corrected chi connectivity index (χ3v) is 3.18. The van der Waals surface area contributed by atoms with Gasteiger partial charge in [-0.05, 0) is 19.8 Å². The Morgan fingerprint density at radius 1 is 1.38 bits per heavy atom. The van der Waals surface area contributed by atoms with E-state index < -0.39 is 17.5 Å². The minimum atomic E-state index is -0.906. The maximum absolute atomic E-state index is 11.8. The van der Waals surface area contributed by atoms with Gasteiger partial charge in [-0.25, -0.2) is 9.59 Å². The van der Waals surface area contributed by atoms with Gasteiger partial charge in [-0.15, -0.1) is 0 Å². The van der Waals surface area contributed by atoms with Crippen molar-refractivity contribution in [3.8, 4) is 0 Å². The van der Waals surface area contributed by atoms with Crippen molar-refractivity contribution in [1.82, 2.24) is 0 Å². The highest BCUT2D eigenvalue weighted by molar-refractivity contribution is 5.78. The van der Waals surface area contributed by atoms with Crippen molar-refractivity contribution in [2.24, 2.45) is 5.41 Å². The average molecular weight is 227 g/mol. The molecule has 1 radical (unpaired) electrons. The maximum atomic E-state index is 11.8. The molecule has 5 nitrogen and oxygen atoms in total. The van der Waals surface area contributed by atoms with E-state index in [-0.39, 0.29) is 5.60 Å². The van der Waals surface area contributed by atoms with Gasteiger partial charge in [0.1, 0.15) is 5.60 Å². The molecule has 1 saturated carbocycles. The molecule has 5 heteroatoms. The third kappa shape index (κ3) is 2.04. The van der Waals surface area contributed by atoms with Gasteiger partial charge in [0.25, 0.3) is 0 Å². The van der Waals surface area contributed by atoms with Crippen LogP contribution in [0.2, 0.25) is 0 Å². The Balaban J connectivity index is 2.00. The highest BCUT2D eigenvalue weighted by Gasteiger charge is 2.51. The first-order valence-corrected chi connectivity index (χ1v) is 5.33. The highest BCUT2D eigenvalue weighted by Crippen LogP contribution is 2.41. The molecule has 1 atom stereocenters. The number of carbonyl (C=O) groups excluding carboxylic acids is 2. The van der Waals surface area contributed by atoms with E-state index in [0.717, 1.165) is 12.8 Å². The molecular formula is C11H15O5. The first-order valence-electron chi connectivity index (χ1n) is 5.33. The Kier molecular flexibility index (Phi) is 2.66. The van der Waals surface area contributed by atoms with E-state index in [1.54, 1.807) is 0 Å². The van der Waals surface area contributed by atoms with Crippen molar-refractivity contribution in [3.63, 3.8) is 0 Å². The zero-order valence-corrected chi connectivity index (χ0v) is 9.45. The molecule has 2 rings (SSSR count). The average Bonchev–Trinajstić information content (AvgIpc) is 2.88. The van der Waals surface area contributed by atoms with E-state index in [2.05, 4.69) is 0 Å². The van der Waals surface area contributed by atoms with Crippen molar-refractivity contribution < 1.29 is 23.8 Å². The van der Waals surface area contributed by atoms with Gasteiger partial charge in [0.2, 0.25) is 6.10 Å². The van der Waals surface area contributed by atoms with Crippen LogP contribution in [0.25, 0.3) is 0 Å². The van der Waals surface area contributed by atoms with Crippen molar-refractivity contribution in [2.75, 3.05) is 13.2 Å². The largest absolute Gasteiger partial charge is 0.457 e. The van der Waals surface area contributed by atoms with Gasteiger partial charge in [0.05, 0.1) is 18.6 Å². The van der Waals surface area contributed by atoms with Crippen molar-refractivity contribution >= 4 is 12.4 Å². The van der Waals surface area contributed by atoms with Crippen LogP contribution in [0.4, 0.5) is 0 Å². The summed E-state index contributed by atoms with van der Waals surface area (Å²) in [4.78, 5) is 22.1. The molecule has 2 fully saturated rings. The standard InChI is InChI=1S/C11H15O5/c1-10(5-14-6-10)8(15-7-12)9(13)16-11(2)3-4-11/h8H,3-6H2,1-2H3. The summed E-state index contributed by atoms with van der Waals surface area (Å²) < 4.78 is 15.1. The summed E-state index contributed by atoms with van der Waals surface area (Å²) in [6.07, 6.45) is 0.823. The van der Waals surface area contributed by atoms with Crippen LogP contribution in [0.3, 0.4) is 0 Å². The molecule has 1 unspecified atom stereocenters. The van der Waals surface area contributed by atoms with Gasteiger partial charge >= 0.3 is 12.4 Å². The van der Waals surface area contributed by atoms with E-state index in [0.29, 0.717) is 13.2 Å². The molecule has 1 aliphatic heterocycles. The molecule has 1 heterocycles. The predicted octanol–water partition coefficient (Wildman–Crippen LogP) is 0.571. The van der Waals surface area contributed by atoms with Gasteiger partial charge in [-0.2, -0.15) is 0 Å². The van der Waals surface area contributed by atoms with E-state index in [9.17, 15) is 9.59 Å². The second-order valence-electron chi connectivity index (χ2n) is 5.10. The lowest BCUT2D eigenvalue weighted by molar-refractivity contribution is -0.193. The molecule has 1 aliphatic carbocycles. The second kappa shape index (κ2) is 3.73. The fraction of sp³-hybridized carbons (Fsp3) is 0.818. The van der Waals surface area contributed by atoms with Gasteiger partial charge in [-0.1, -0.05) is 6.92 Å². The fourth-order valence-electron chi connectivity index (χ4n) is 1.67. The summed E-state index contributed by atoms with van der Waals surface area (Å²) in [5, 5.41) is 0. The molecule has 0 aromatic heterocycles. The minimum absolute atomic E-state index is 0.359. The summed E-state index contributed by atoms with van der Waals surface area (Å²) in [7, 11) is 0. The SMILES string of the molecule is CC1(OC(=O)C(O[C]=O)C2(C)COC2)CC1. The monoisotopic (exact) mass is 227 g/mol.